The maximum Gasteiger partial charge on any atom is 0.370 e. The fourth-order valence-corrected chi connectivity index (χ4v) is 1.50. The first-order valence-electron chi connectivity index (χ1n) is 5.42. The van der Waals surface area contributed by atoms with Crippen LogP contribution in [-0.2, 0) is 17.8 Å². The molecular weight excluding hydrogens is 190 g/mol. The van der Waals surface area contributed by atoms with Gasteiger partial charge in [0.2, 0.25) is 6.54 Å². The van der Waals surface area contributed by atoms with Crippen molar-refractivity contribution >= 4 is 5.97 Å². The van der Waals surface area contributed by atoms with Gasteiger partial charge >= 0.3 is 5.97 Å². The number of aryl methyl sites for hydroxylation is 1. The number of hydrogen-bond donors (Lipinski definition) is 1. The molecule has 0 atom stereocenters. The summed E-state index contributed by atoms with van der Waals surface area (Å²) in [5.74, 6) is -0.807. The molecule has 82 valence electrons. The van der Waals surface area contributed by atoms with Gasteiger partial charge in [-0.1, -0.05) is 19.8 Å². The molecule has 3 heteroatoms. The smallest absolute Gasteiger partial charge is 0.370 e. The lowest BCUT2D eigenvalue weighted by Crippen LogP contribution is -2.36. The molecule has 1 aromatic rings. The zero-order valence-corrected chi connectivity index (χ0v) is 9.15. The highest BCUT2D eigenvalue weighted by atomic mass is 16.4. The van der Waals surface area contributed by atoms with Crippen LogP contribution in [0.15, 0.2) is 24.5 Å². The fraction of sp³-hybridized carbons (Fsp3) is 0.500. The third kappa shape index (κ3) is 4.58. The number of pyridine rings is 1. The summed E-state index contributed by atoms with van der Waals surface area (Å²) in [5, 5.41) is 8.59. The number of carboxylic acid groups (broad SMARTS) is 1. The lowest BCUT2D eigenvalue weighted by atomic mass is 10.1. The molecule has 0 bridgehead atoms. The monoisotopic (exact) mass is 208 g/mol. The van der Waals surface area contributed by atoms with E-state index < -0.39 is 5.97 Å². The van der Waals surface area contributed by atoms with Crippen molar-refractivity contribution in [3.63, 3.8) is 0 Å². The van der Waals surface area contributed by atoms with Crippen molar-refractivity contribution in [3.05, 3.63) is 30.1 Å². The minimum Gasteiger partial charge on any atom is -0.477 e. The Hall–Kier alpha value is -1.38. The molecule has 0 saturated heterocycles. The van der Waals surface area contributed by atoms with E-state index >= 15 is 0 Å². The van der Waals surface area contributed by atoms with Gasteiger partial charge in [-0.05, 0) is 18.4 Å². The van der Waals surface area contributed by atoms with Crippen molar-refractivity contribution in [2.75, 3.05) is 0 Å². The van der Waals surface area contributed by atoms with Crippen molar-refractivity contribution in [2.24, 2.45) is 0 Å². The molecule has 0 fully saturated rings. The maximum atomic E-state index is 10.4. The van der Waals surface area contributed by atoms with Gasteiger partial charge in [-0.3, -0.25) is 0 Å². The van der Waals surface area contributed by atoms with E-state index in [1.165, 1.54) is 24.8 Å². The summed E-state index contributed by atoms with van der Waals surface area (Å²) in [6, 6.07) is 4.00. The van der Waals surface area contributed by atoms with E-state index in [1.54, 1.807) is 4.57 Å². The normalized spacial score (nSPS) is 10.2. The molecule has 3 nitrogen and oxygen atoms in total. The largest absolute Gasteiger partial charge is 0.477 e. The summed E-state index contributed by atoms with van der Waals surface area (Å²) >= 11 is 0. The highest BCUT2D eigenvalue weighted by molar-refractivity contribution is 5.64. The van der Waals surface area contributed by atoms with Crippen molar-refractivity contribution in [1.29, 1.82) is 0 Å². The molecular formula is C12H18NO2+. The van der Waals surface area contributed by atoms with Crippen LogP contribution < -0.4 is 4.57 Å². The minimum absolute atomic E-state index is 0.0369. The Bertz CT molecular complexity index is 306. The molecule has 0 saturated carbocycles. The van der Waals surface area contributed by atoms with Gasteiger partial charge in [0.1, 0.15) is 0 Å². The van der Waals surface area contributed by atoms with Gasteiger partial charge < -0.3 is 5.11 Å². The molecule has 0 radical (unpaired) electrons. The van der Waals surface area contributed by atoms with Crippen molar-refractivity contribution < 1.29 is 14.5 Å². The van der Waals surface area contributed by atoms with Crippen LogP contribution in [0.3, 0.4) is 0 Å². The Morgan fingerprint density at radius 2 is 2.00 bits per heavy atom. The number of nitrogens with zero attached hydrogens (tertiary/aromatic N) is 1. The third-order valence-electron chi connectivity index (χ3n) is 2.35. The number of hydrogen-bond acceptors (Lipinski definition) is 1. The lowest BCUT2D eigenvalue weighted by Gasteiger charge is -1.99. The molecule has 1 aromatic heterocycles. The predicted molar refractivity (Wildman–Crippen MR) is 57.5 cm³/mol. The SMILES string of the molecule is CCCCCc1cc[n+](CC(=O)O)cc1. The first-order valence-corrected chi connectivity index (χ1v) is 5.42. The van der Waals surface area contributed by atoms with Crippen LogP contribution in [0.1, 0.15) is 31.7 Å². The van der Waals surface area contributed by atoms with E-state index in [0.717, 1.165) is 6.42 Å². The topological polar surface area (TPSA) is 41.2 Å². The predicted octanol–water partition coefficient (Wildman–Crippen LogP) is 1.79. The second kappa shape index (κ2) is 6.17. The van der Waals surface area contributed by atoms with E-state index in [2.05, 4.69) is 6.92 Å². The highest BCUT2D eigenvalue weighted by Gasteiger charge is 2.05. The van der Waals surface area contributed by atoms with E-state index in [9.17, 15) is 4.79 Å². The average Bonchev–Trinajstić information content (AvgIpc) is 2.20. The number of aliphatic carboxylic acids is 1. The zero-order valence-electron chi connectivity index (χ0n) is 9.15. The number of aromatic nitrogens is 1. The molecule has 0 amide bonds. The molecule has 1 rings (SSSR count). The first kappa shape index (κ1) is 11.7. The van der Waals surface area contributed by atoms with E-state index in [-0.39, 0.29) is 6.54 Å². The van der Waals surface area contributed by atoms with Gasteiger partial charge in [-0.2, -0.15) is 4.57 Å². The summed E-state index contributed by atoms with van der Waals surface area (Å²) in [6.07, 6.45) is 8.43. The Balaban J connectivity index is 2.45. The lowest BCUT2D eigenvalue weighted by molar-refractivity contribution is -0.685. The third-order valence-corrected chi connectivity index (χ3v) is 2.35. The highest BCUT2D eigenvalue weighted by Crippen LogP contribution is 2.04. The van der Waals surface area contributed by atoms with Gasteiger partial charge in [-0.15, -0.1) is 0 Å². The molecule has 0 aliphatic rings. The van der Waals surface area contributed by atoms with Gasteiger partial charge in [0.25, 0.3) is 0 Å². The second-order valence-electron chi connectivity index (χ2n) is 3.73. The van der Waals surface area contributed by atoms with Crippen LogP contribution in [0, 0.1) is 0 Å². The van der Waals surface area contributed by atoms with Crippen LogP contribution >= 0.6 is 0 Å². The average molecular weight is 208 g/mol. The van der Waals surface area contributed by atoms with E-state index in [4.69, 9.17) is 5.11 Å². The number of rotatable bonds is 6. The van der Waals surface area contributed by atoms with Gasteiger partial charge in [0.15, 0.2) is 12.4 Å². The number of unbranched alkanes of at least 4 members (excludes halogenated alkanes) is 2. The molecule has 0 aliphatic heterocycles. The van der Waals surface area contributed by atoms with E-state index in [1.807, 2.05) is 24.5 Å². The van der Waals surface area contributed by atoms with Crippen LogP contribution in [0.5, 0.6) is 0 Å². The first-order chi connectivity index (χ1) is 7.22. The summed E-state index contributed by atoms with van der Waals surface area (Å²) in [6.45, 7) is 2.22. The van der Waals surface area contributed by atoms with Gasteiger partial charge in [0, 0.05) is 12.1 Å². The van der Waals surface area contributed by atoms with Crippen LogP contribution in [0.4, 0.5) is 0 Å². The Morgan fingerprint density at radius 1 is 1.33 bits per heavy atom. The summed E-state index contributed by atoms with van der Waals surface area (Å²) in [4.78, 5) is 10.4. The molecule has 15 heavy (non-hydrogen) atoms. The second-order valence-corrected chi connectivity index (χ2v) is 3.73. The standard InChI is InChI=1S/C12H17NO2/c1-2-3-4-5-11-6-8-13(9-7-11)10-12(14)15/h6-9H,2-5,10H2,1H3/p+1. The van der Waals surface area contributed by atoms with E-state index in [0.29, 0.717) is 0 Å². The van der Waals surface area contributed by atoms with Gasteiger partial charge in [-0.25, -0.2) is 4.79 Å². The molecule has 0 aliphatic carbocycles. The fourth-order valence-electron chi connectivity index (χ4n) is 1.50. The molecule has 1 heterocycles. The summed E-state index contributed by atoms with van der Waals surface area (Å²) < 4.78 is 1.67. The Morgan fingerprint density at radius 3 is 2.53 bits per heavy atom. The van der Waals surface area contributed by atoms with Crippen molar-refractivity contribution in [3.8, 4) is 0 Å². The maximum absolute atomic E-state index is 10.4. The van der Waals surface area contributed by atoms with Crippen LogP contribution in [0.25, 0.3) is 0 Å². The molecule has 0 spiro atoms. The van der Waals surface area contributed by atoms with Gasteiger partial charge in [0.05, 0.1) is 0 Å². The quantitative estimate of drug-likeness (QED) is 0.572. The number of carbonyl (C=O) groups is 1. The van der Waals surface area contributed by atoms with Crippen LogP contribution in [-0.4, -0.2) is 11.1 Å². The number of carboxylic acids is 1. The Kier molecular flexibility index (Phi) is 4.81. The van der Waals surface area contributed by atoms with Crippen LogP contribution in [0.2, 0.25) is 0 Å². The molecule has 1 N–H and O–H groups in total. The van der Waals surface area contributed by atoms with Crippen molar-refractivity contribution in [2.45, 2.75) is 39.2 Å². The minimum atomic E-state index is -0.807. The van der Waals surface area contributed by atoms with Crippen molar-refractivity contribution in [1.82, 2.24) is 0 Å². The zero-order chi connectivity index (χ0) is 11.1. The summed E-state index contributed by atoms with van der Waals surface area (Å²) in [5.41, 5.74) is 1.28. The Labute approximate surface area is 90.4 Å². The molecule has 0 aromatic carbocycles. The molecule has 0 unspecified atom stereocenters. The summed E-state index contributed by atoms with van der Waals surface area (Å²) in [7, 11) is 0.